The van der Waals surface area contributed by atoms with Crippen molar-refractivity contribution >= 4 is 22.9 Å². The summed E-state index contributed by atoms with van der Waals surface area (Å²) in [4.78, 5) is 11.4. The van der Waals surface area contributed by atoms with Gasteiger partial charge in [-0.15, -0.1) is 11.8 Å². The summed E-state index contributed by atoms with van der Waals surface area (Å²) in [6.45, 7) is 9.71. The molecule has 0 spiro atoms. The third kappa shape index (κ3) is 6.00. The zero-order valence-corrected chi connectivity index (χ0v) is 11.7. The van der Waals surface area contributed by atoms with E-state index in [0.717, 1.165) is 0 Å². The molecule has 0 aromatic heterocycles. The number of thioether (sulfide) groups is 1. The minimum Gasteiger partial charge on any atom is -0.444 e. The highest BCUT2D eigenvalue weighted by Crippen LogP contribution is 2.21. The minimum absolute atomic E-state index is 0.351. The summed E-state index contributed by atoms with van der Waals surface area (Å²) in [5.74, 6) is 0. The zero-order chi connectivity index (χ0) is 13.0. The molecule has 94 valence electrons. The Bertz CT molecular complexity index is 270. The number of alkyl carbamates (subject to hydrolysis) is 1. The predicted molar refractivity (Wildman–Crippen MR) is 69.3 cm³/mol. The Morgan fingerprint density at radius 2 is 1.81 bits per heavy atom. The minimum atomic E-state index is -0.485. The highest BCUT2D eigenvalue weighted by Gasteiger charge is 2.25. The molecule has 0 atom stereocenters. The van der Waals surface area contributed by atoms with Crippen LogP contribution in [0.15, 0.2) is 0 Å². The maximum absolute atomic E-state index is 11.4. The number of hydrogen-bond acceptors (Lipinski definition) is 4. The fourth-order valence-electron chi connectivity index (χ4n) is 0.964. The van der Waals surface area contributed by atoms with E-state index in [-0.39, 0.29) is 5.41 Å². The molecular formula is C11H22N2O2S. The van der Waals surface area contributed by atoms with Gasteiger partial charge in [0.25, 0.3) is 0 Å². The van der Waals surface area contributed by atoms with Crippen LogP contribution >= 0.6 is 11.8 Å². The second-order valence-corrected chi connectivity index (χ2v) is 6.09. The van der Waals surface area contributed by atoms with Gasteiger partial charge in [-0.2, -0.15) is 0 Å². The normalized spacial score (nSPS) is 12.1. The molecule has 1 amide bonds. The van der Waals surface area contributed by atoms with Crippen molar-refractivity contribution < 1.29 is 9.53 Å². The van der Waals surface area contributed by atoms with Crippen LogP contribution in [0.3, 0.4) is 0 Å². The van der Waals surface area contributed by atoms with Gasteiger partial charge in [0.1, 0.15) is 5.60 Å². The molecule has 5 heteroatoms. The number of amides is 1. The maximum atomic E-state index is 11.4. The fourth-order valence-corrected chi connectivity index (χ4v) is 1.59. The van der Waals surface area contributed by atoms with Crippen molar-refractivity contribution in [3.05, 3.63) is 0 Å². The van der Waals surface area contributed by atoms with Crippen LogP contribution in [-0.4, -0.2) is 29.5 Å². The Balaban J connectivity index is 4.15. The lowest BCUT2D eigenvalue weighted by molar-refractivity contribution is 0.0516. The van der Waals surface area contributed by atoms with E-state index in [9.17, 15) is 4.79 Å². The molecule has 0 aromatic rings. The van der Waals surface area contributed by atoms with Gasteiger partial charge in [0.15, 0.2) is 0 Å². The third-order valence-corrected chi connectivity index (χ3v) is 2.85. The largest absolute Gasteiger partial charge is 0.444 e. The Hall–Kier alpha value is -0.710. The summed E-state index contributed by atoms with van der Waals surface area (Å²) in [5.41, 5.74) is -0.836. The number of nitrogens with one attached hydrogen (secondary N) is 2. The van der Waals surface area contributed by atoms with Gasteiger partial charge in [0, 0.05) is 12.0 Å². The van der Waals surface area contributed by atoms with E-state index in [1.54, 1.807) is 0 Å². The van der Waals surface area contributed by atoms with Gasteiger partial charge in [0.2, 0.25) is 0 Å². The molecule has 16 heavy (non-hydrogen) atoms. The van der Waals surface area contributed by atoms with Crippen LogP contribution in [0.5, 0.6) is 0 Å². The van der Waals surface area contributed by atoms with Crippen molar-refractivity contribution in [2.75, 3.05) is 12.8 Å². The van der Waals surface area contributed by atoms with Crippen molar-refractivity contribution in [1.82, 2.24) is 5.32 Å². The highest BCUT2D eigenvalue weighted by atomic mass is 32.2. The fraction of sp³-hybridized carbons (Fsp3) is 0.818. The first-order valence-corrected chi connectivity index (χ1v) is 6.41. The van der Waals surface area contributed by atoms with E-state index in [1.807, 2.05) is 40.9 Å². The summed E-state index contributed by atoms with van der Waals surface area (Å²) in [6, 6.07) is 0. The summed E-state index contributed by atoms with van der Waals surface area (Å²) in [7, 11) is 0. The van der Waals surface area contributed by atoms with E-state index in [4.69, 9.17) is 10.1 Å². The molecule has 2 N–H and O–H groups in total. The Morgan fingerprint density at radius 3 is 2.19 bits per heavy atom. The molecular weight excluding hydrogens is 224 g/mol. The lowest BCUT2D eigenvalue weighted by Gasteiger charge is -2.26. The molecule has 4 nitrogen and oxygen atoms in total. The second kappa shape index (κ2) is 5.57. The van der Waals surface area contributed by atoms with Gasteiger partial charge in [-0.1, -0.05) is 13.8 Å². The van der Waals surface area contributed by atoms with E-state index in [2.05, 4.69) is 5.32 Å². The lowest BCUT2D eigenvalue weighted by atomic mass is 9.95. The van der Waals surface area contributed by atoms with E-state index in [0.29, 0.717) is 11.6 Å². The first kappa shape index (κ1) is 15.3. The second-order valence-electron chi connectivity index (χ2n) is 5.27. The van der Waals surface area contributed by atoms with Crippen LogP contribution in [0.2, 0.25) is 0 Å². The van der Waals surface area contributed by atoms with E-state index in [1.165, 1.54) is 11.8 Å². The molecule has 0 aromatic carbocycles. The van der Waals surface area contributed by atoms with Crippen molar-refractivity contribution in [2.45, 2.75) is 40.2 Å². The molecule has 0 rings (SSSR count). The highest BCUT2D eigenvalue weighted by molar-refractivity contribution is 8.13. The first-order valence-electron chi connectivity index (χ1n) is 5.18. The standard InChI is InChI=1S/C11H22N2O2S/c1-10(2,3)15-9(14)13-7-11(4,5)8(12)16-6/h12H,7H2,1-6H3,(H,13,14). The van der Waals surface area contributed by atoms with Gasteiger partial charge in [0.05, 0.1) is 5.04 Å². The van der Waals surface area contributed by atoms with Crippen molar-refractivity contribution in [3.63, 3.8) is 0 Å². The third-order valence-electron chi connectivity index (χ3n) is 1.89. The van der Waals surface area contributed by atoms with Gasteiger partial charge in [-0.25, -0.2) is 4.79 Å². The van der Waals surface area contributed by atoms with Crippen LogP contribution in [0.1, 0.15) is 34.6 Å². The van der Waals surface area contributed by atoms with Crippen molar-refractivity contribution in [1.29, 1.82) is 5.41 Å². The molecule has 0 unspecified atom stereocenters. The van der Waals surface area contributed by atoms with Gasteiger partial charge < -0.3 is 10.1 Å². The molecule has 0 saturated carbocycles. The summed E-state index contributed by atoms with van der Waals surface area (Å²) in [6.07, 6.45) is 1.42. The molecule has 0 aliphatic rings. The van der Waals surface area contributed by atoms with E-state index < -0.39 is 11.7 Å². The maximum Gasteiger partial charge on any atom is 0.407 e. The monoisotopic (exact) mass is 246 g/mol. The molecule has 0 radical (unpaired) electrons. The molecule has 0 heterocycles. The SMILES string of the molecule is CSC(=N)C(C)(C)CNC(=O)OC(C)(C)C. The summed E-state index contributed by atoms with van der Waals surface area (Å²) in [5, 5.41) is 11.0. The Labute approximate surface area is 102 Å². The Morgan fingerprint density at radius 1 is 1.31 bits per heavy atom. The number of carbonyl (C=O) groups excluding carboxylic acids is 1. The quantitative estimate of drug-likeness (QED) is 0.594. The Kier molecular flexibility index (Phi) is 5.32. The van der Waals surface area contributed by atoms with Crippen molar-refractivity contribution in [3.8, 4) is 0 Å². The van der Waals surface area contributed by atoms with E-state index >= 15 is 0 Å². The molecule has 0 saturated heterocycles. The van der Waals surface area contributed by atoms with Crippen LogP contribution in [0, 0.1) is 10.8 Å². The van der Waals surface area contributed by atoms with Gasteiger partial charge >= 0.3 is 6.09 Å². The molecule has 0 fully saturated rings. The average molecular weight is 246 g/mol. The first-order chi connectivity index (χ1) is 7.08. The number of ether oxygens (including phenoxy) is 1. The average Bonchev–Trinajstić information content (AvgIpc) is 2.11. The van der Waals surface area contributed by atoms with Crippen molar-refractivity contribution in [2.24, 2.45) is 5.41 Å². The molecule has 0 bridgehead atoms. The number of rotatable bonds is 3. The smallest absolute Gasteiger partial charge is 0.407 e. The van der Waals surface area contributed by atoms with Gasteiger partial charge in [-0.3, -0.25) is 5.41 Å². The topological polar surface area (TPSA) is 62.2 Å². The number of carbonyl (C=O) groups is 1. The van der Waals surface area contributed by atoms with Crippen LogP contribution in [0.4, 0.5) is 4.79 Å². The van der Waals surface area contributed by atoms with Crippen LogP contribution in [0.25, 0.3) is 0 Å². The summed E-state index contributed by atoms with van der Waals surface area (Å²) < 4.78 is 5.12. The molecule has 0 aliphatic carbocycles. The van der Waals surface area contributed by atoms with Crippen LogP contribution in [-0.2, 0) is 4.74 Å². The number of hydrogen-bond donors (Lipinski definition) is 2. The van der Waals surface area contributed by atoms with Gasteiger partial charge in [-0.05, 0) is 27.0 Å². The zero-order valence-electron chi connectivity index (χ0n) is 10.9. The summed E-state index contributed by atoms with van der Waals surface area (Å²) >= 11 is 1.39. The lowest BCUT2D eigenvalue weighted by Crippen LogP contribution is -2.40. The molecule has 0 aliphatic heterocycles. The van der Waals surface area contributed by atoms with Crippen LogP contribution < -0.4 is 5.32 Å². The predicted octanol–water partition coefficient (Wildman–Crippen LogP) is 2.88.